The van der Waals surface area contributed by atoms with Crippen LogP contribution in [-0.2, 0) is 20.3 Å². The molecule has 1 aliphatic carbocycles. The van der Waals surface area contributed by atoms with Crippen molar-refractivity contribution in [3.63, 3.8) is 0 Å². The molecule has 1 saturated carbocycles. The zero-order valence-corrected chi connectivity index (χ0v) is 14.1. The Hall–Kier alpha value is -0.910. The highest BCUT2D eigenvalue weighted by Crippen LogP contribution is 2.27. The molecule has 0 aromatic heterocycles. The van der Waals surface area contributed by atoms with Gasteiger partial charge in [0.05, 0.1) is 11.0 Å². The number of nitrogens with one attached hydrogen (secondary N) is 1. The Labute approximate surface area is 127 Å². The fourth-order valence-electron chi connectivity index (χ4n) is 2.54. The lowest BCUT2D eigenvalue weighted by atomic mass is 9.87. The van der Waals surface area contributed by atoms with Gasteiger partial charge in [-0.1, -0.05) is 50.6 Å². The molecular formula is C16H25NO3S. The van der Waals surface area contributed by atoms with E-state index in [1.54, 1.807) is 13.0 Å². The SMILES string of the molecule is Cc1ccc(C(C)(C)C)cc1S(=O)(=O)NOC1CCCC1. The zero-order valence-electron chi connectivity index (χ0n) is 13.3. The van der Waals surface area contributed by atoms with E-state index in [9.17, 15) is 8.42 Å². The first-order valence-electron chi connectivity index (χ1n) is 7.49. The lowest BCUT2D eigenvalue weighted by molar-refractivity contribution is 0.0223. The second-order valence-electron chi connectivity index (χ2n) is 6.84. The third-order valence-electron chi connectivity index (χ3n) is 3.97. The minimum absolute atomic E-state index is 0.00544. The molecule has 118 valence electrons. The van der Waals surface area contributed by atoms with Gasteiger partial charge in [-0.05, 0) is 42.4 Å². The van der Waals surface area contributed by atoms with E-state index < -0.39 is 10.0 Å². The van der Waals surface area contributed by atoms with Crippen LogP contribution in [0.25, 0.3) is 0 Å². The molecule has 4 nitrogen and oxygen atoms in total. The first kappa shape index (κ1) is 16.5. The Morgan fingerprint density at radius 3 is 2.38 bits per heavy atom. The molecule has 0 radical (unpaired) electrons. The maximum Gasteiger partial charge on any atom is 0.262 e. The van der Waals surface area contributed by atoms with Gasteiger partial charge in [0.2, 0.25) is 0 Å². The van der Waals surface area contributed by atoms with Gasteiger partial charge in [0.1, 0.15) is 0 Å². The van der Waals surface area contributed by atoms with Crippen molar-refractivity contribution in [1.82, 2.24) is 4.89 Å². The molecule has 1 aromatic carbocycles. The highest BCUT2D eigenvalue weighted by Gasteiger charge is 2.24. The van der Waals surface area contributed by atoms with E-state index in [0.717, 1.165) is 36.8 Å². The van der Waals surface area contributed by atoms with E-state index in [1.165, 1.54) is 0 Å². The quantitative estimate of drug-likeness (QED) is 0.867. The maximum atomic E-state index is 12.5. The van der Waals surface area contributed by atoms with Crippen molar-refractivity contribution in [2.75, 3.05) is 0 Å². The molecule has 1 aliphatic rings. The Kier molecular flexibility index (Phi) is 4.76. The van der Waals surface area contributed by atoms with Crippen LogP contribution < -0.4 is 4.89 Å². The number of aryl methyl sites for hydroxylation is 1. The molecule has 0 heterocycles. The molecule has 21 heavy (non-hydrogen) atoms. The summed E-state index contributed by atoms with van der Waals surface area (Å²) in [6.07, 6.45) is 4.05. The molecule has 0 bridgehead atoms. The van der Waals surface area contributed by atoms with Crippen LogP contribution in [0.2, 0.25) is 0 Å². The summed E-state index contributed by atoms with van der Waals surface area (Å²) in [5.41, 5.74) is 1.63. The van der Waals surface area contributed by atoms with Crippen LogP contribution in [0, 0.1) is 6.92 Å². The number of rotatable bonds is 4. The summed E-state index contributed by atoms with van der Waals surface area (Å²) in [4.78, 5) is 7.97. The molecular weight excluding hydrogens is 286 g/mol. The molecule has 1 fully saturated rings. The summed E-state index contributed by atoms with van der Waals surface area (Å²) in [6.45, 7) is 8.00. The monoisotopic (exact) mass is 311 g/mol. The first-order chi connectivity index (χ1) is 9.70. The van der Waals surface area contributed by atoms with Gasteiger partial charge in [-0.25, -0.2) is 8.42 Å². The topological polar surface area (TPSA) is 55.4 Å². The second kappa shape index (κ2) is 6.07. The Morgan fingerprint density at radius 1 is 1.19 bits per heavy atom. The smallest absolute Gasteiger partial charge is 0.262 e. The largest absolute Gasteiger partial charge is 0.284 e. The van der Waals surface area contributed by atoms with Gasteiger partial charge in [0.15, 0.2) is 0 Å². The van der Waals surface area contributed by atoms with Crippen LogP contribution in [0.3, 0.4) is 0 Å². The van der Waals surface area contributed by atoms with Crippen LogP contribution in [0.15, 0.2) is 23.1 Å². The normalized spacial score (nSPS) is 17.3. The number of benzene rings is 1. The number of sulfonamides is 1. The summed E-state index contributed by atoms with van der Waals surface area (Å²) in [6, 6.07) is 5.58. The lowest BCUT2D eigenvalue weighted by Gasteiger charge is -2.21. The van der Waals surface area contributed by atoms with E-state index >= 15 is 0 Å². The summed E-state index contributed by atoms with van der Waals surface area (Å²) in [5.74, 6) is 0. The minimum Gasteiger partial charge on any atom is -0.284 e. The fourth-order valence-corrected chi connectivity index (χ4v) is 3.67. The first-order valence-corrected chi connectivity index (χ1v) is 8.97. The summed E-state index contributed by atoms with van der Waals surface area (Å²) in [7, 11) is -3.63. The van der Waals surface area contributed by atoms with E-state index in [2.05, 4.69) is 25.7 Å². The third-order valence-corrected chi connectivity index (χ3v) is 5.30. The highest BCUT2D eigenvalue weighted by atomic mass is 32.2. The lowest BCUT2D eigenvalue weighted by Crippen LogP contribution is -2.29. The number of hydrogen-bond donors (Lipinski definition) is 1. The van der Waals surface area contributed by atoms with Crippen molar-refractivity contribution in [1.29, 1.82) is 0 Å². The zero-order chi connectivity index (χ0) is 15.7. The molecule has 1 aromatic rings. The van der Waals surface area contributed by atoms with Gasteiger partial charge >= 0.3 is 0 Å². The molecule has 0 amide bonds. The van der Waals surface area contributed by atoms with Gasteiger partial charge < -0.3 is 0 Å². The molecule has 2 rings (SSSR count). The fraction of sp³-hybridized carbons (Fsp3) is 0.625. The van der Waals surface area contributed by atoms with Crippen molar-refractivity contribution in [2.45, 2.75) is 69.8 Å². The van der Waals surface area contributed by atoms with Gasteiger partial charge in [-0.15, -0.1) is 0 Å². The molecule has 1 N–H and O–H groups in total. The summed E-state index contributed by atoms with van der Waals surface area (Å²) in [5, 5.41) is 0. The Morgan fingerprint density at radius 2 is 1.81 bits per heavy atom. The van der Waals surface area contributed by atoms with E-state index in [4.69, 9.17) is 4.84 Å². The van der Waals surface area contributed by atoms with Crippen LogP contribution >= 0.6 is 0 Å². The van der Waals surface area contributed by atoms with E-state index in [0.29, 0.717) is 4.90 Å². The molecule has 0 aliphatic heterocycles. The van der Waals surface area contributed by atoms with Crippen LogP contribution in [-0.4, -0.2) is 14.5 Å². The summed E-state index contributed by atoms with van der Waals surface area (Å²) < 4.78 is 24.9. The van der Waals surface area contributed by atoms with Crippen molar-refractivity contribution >= 4 is 10.0 Å². The van der Waals surface area contributed by atoms with Crippen LogP contribution in [0.1, 0.15) is 57.6 Å². The molecule has 5 heteroatoms. The van der Waals surface area contributed by atoms with Gasteiger partial charge in [0, 0.05) is 0 Å². The standard InChI is InChI=1S/C16H25NO3S/c1-12-9-10-13(16(2,3)4)11-15(12)21(18,19)17-20-14-7-5-6-8-14/h9-11,14,17H,5-8H2,1-4H3. The summed E-state index contributed by atoms with van der Waals surface area (Å²) >= 11 is 0. The molecule has 0 atom stereocenters. The predicted molar refractivity (Wildman–Crippen MR) is 83.5 cm³/mol. The van der Waals surface area contributed by atoms with Crippen molar-refractivity contribution in [2.24, 2.45) is 0 Å². The second-order valence-corrected chi connectivity index (χ2v) is 8.45. The van der Waals surface area contributed by atoms with Crippen LogP contribution in [0.5, 0.6) is 0 Å². The van der Waals surface area contributed by atoms with Crippen molar-refractivity contribution in [3.8, 4) is 0 Å². The highest BCUT2D eigenvalue weighted by molar-refractivity contribution is 7.89. The minimum atomic E-state index is -3.63. The molecule has 0 spiro atoms. The predicted octanol–water partition coefficient (Wildman–Crippen LogP) is 3.45. The van der Waals surface area contributed by atoms with Gasteiger partial charge in [0.25, 0.3) is 10.0 Å². The van der Waals surface area contributed by atoms with E-state index in [-0.39, 0.29) is 11.5 Å². The number of hydrogen-bond acceptors (Lipinski definition) is 3. The average molecular weight is 311 g/mol. The van der Waals surface area contributed by atoms with E-state index in [1.807, 2.05) is 12.1 Å². The Balaban J connectivity index is 2.22. The van der Waals surface area contributed by atoms with Crippen molar-refractivity contribution in [3.05, 3.63) is 29.3 Å². The maximum absolute atomic E-state index is 12.5. The Bertz CT molecular complexity index is 596. The van der Waals surface area contributed by atoms with Crippen LogP contribution in [0.4, 0.5) is 0 Å². The molecule has 0 unspecified atom stereocenters. The van der Waals surface area contributed by atoms with Gasteiger partial charge in [-0.3, -0.25) is 4.84 Å². The third kappa shape index (κ3) is 4.05. The average Bonchev–Trinajstić information content (AvgIpc) is 2.88. The van der Waals surface area contributed by atoms with Crippen molar-refractivity contribution < 1.29 is 13.3 Å². The van der Waals surface area contributed by atoms with Gasteiger partial charge in [-0.2, -0.15) is 0 Å². The molecule has 0 saturated heterocycles.